The Balaban J connectivity index is 0.985. The van der Waals surface area contributed by atoms with E-state index in [2.05, 4.69) is 16.0 Å². The van der Waals surface area contributed by atoms with Crippen LogP contribution in [0, 0.1) is 17.8 Å². The van der Waals surface area contributed by atoms with Crippen molar-refractivity contribution in [2.75, 3.05) is 0 Å². The van der Waals surface area contributed by atoms with Crippen LogP contribution in [0.25, 0.3) is 0 Å². The van der Waals surface area contributed by atoms with Crippen LogP contribution >= 0.6 is 23.1 Å². The first kappa shape index (κ1) is 23.9. The van der Waals surface area contributed by atoms with Crippen molar-refractivity contribution in [2.45, 2.75) is 86.7 Å². The number of fused-ring (bicyclic) bond motifs is 1. The Morgan fingerprint density at radius 3 is 2.59 bits per heavy atom. The molecule has 0 spiro atoms. The van der Waals surface area contributed by atoms with E-state index < -0.39 is 6.04 Å². The first-order valence-electron chi connectivity index (χ1n) is 13.5. The van der Waals surface area contributed by atoms with Crippen LogP contribution < -0.4 is 10.6 Å². The smallest absolute Gasteiger partial charge is 0.255 e. The molecule has 2 N–H and O–H groups in total. The third kappa shape index (κ3) is 4.42. The highest BCUT2D eigenvalue weighted by Crippen LogP contribution is 2.55. The van der Waals surface area contributed by atoms with Gasteiger partial charge in [0.25, 0.3) is 5.91 Å². The Hall–Kier alpha value is -2.23. The number of nitrogens with zero attached hydrogens (tertiary/aromatic N) is 2. The normalized spacial score (nSPS) is 32.2. The molecule has 1 atom stereocenters. The average molecular weight is 537 g/mol. The summed E-state index contributed by atoms with van der Waals surface area (Å²) < 4.78 is 0. The largest absolute Gasteiger partial charge is 0.322 e. The molecule has 37 heavy (non-hydrogen) atoms. The fraction of sp³-hybridized carbons (Fsp3) is 0.571. The minimum atomic E-state index is -0.585. The lowest BCUT2D eigenvalue weighted by atomic mass is 9.53. The van der Waals surface area contributed by atoms with Gasteiger partial charge in [-0.1, -0.05) is 6.07 Å². The molecule has 3 heterocycles. The van der Waals surface area contributed by atoms with Crippen molar-refractivity contribution < 1.29 is 14.4 Å². The first-order chi connectivity index (χ1) is 17.9. The van der Waals surface area contributed by atoms with Gasteiger partial charge in [0.1, 0.15) is 11.0 Å². The molecule has 1 saturated heterocycles. The van der Waals surface area contributed by atoms with Crippen LogP contribution in [0.5, 0.6) is 0 Å². The van der Waals surface area contributed by atoms with Gasteiger partial charge in [-0.05, 0) is 80.4 Å². The van der Waals surface area contributed by atoms with Gasteiger partial charge >= 0.3 is 0 Å². The lowest BCUT2D eigenvalue weighted by molar-refractivity contribution is -0.136. The molecular weight excluding hydrogens is 504 g/mol. The number of carbonyl (C=O) groups is 3. The number of thiazole rings is 1. The van der Waals surface area contributed by atoms with Crippen molar-refractivity contribution in [3.05, 3.63) is 45.4 Å². The highest BCUT2D eigenvalue weighted by atomic mass is 32.2. The summed E-state index contributed by atoms with van der Waals surface area (Å²) in [6.45, 7) is 1.26. The number of thioether (sulfide) groups is 1. The van der Waals surface area contributed by atoms with Gasteiger partial charge in [-0.25, -0.2) is 4.98 Å². The maximum absolute atomic E-state index is 13.1. The number of benzene rings is 1. The van der Waals surface area contributed by atoms with Crippen molar-refractivity contribution in [3.63, 3.8) is 0 Å². The number of amides is 3. The van der Waals surface area contributed by atoms with Crippen molar-refractivity contribution in [1.29, 1.82) is 0 Å². The Bertz CT molecular complexity index is 1240. The highest BCUT2D eigenvalue weighted by molar-refractivity contribution is 7.98. The minimum absolute atomic E-state index is 0.126. The zero-order valence-electron chi connectivity index (χ0n) is 20.8. The number of aromatic nitrogens is 1. The molecule has 7 nitrogen and oxygen atoms in total. The Morgan fingerprint density at radius 2 is 1.86 bits per heavy atom. The molecule has 5 fully saturated rings. The molecule has 8 rings (SSSR count). The summed E-state index contributed by atoms with van der Waals surface area (Å²) in [4.78, 5) is 44.6. The maximum Gasteiger partial charge on any atom is 0.255 e. The van der Waals surface area contributed by atoms with Gasteiger partial charge in [0.2, 0.25) is 11.8 Å². The first-order valence-corrected chi connectivity index (χ1v) is 15.4. The summed E-state index contributed by atoms with van der Waals surface area (Å²) in [7, 11) is 0. The topological polar surface area (TPSA) is 91.4 Å². The molecule has 1 aromatic carbocycles. The van der Waals surface area contributed by atoms with Crippen molar-refractivity contribution in [1.82, 2.24) is 20.5 Å². The SMILES string of the molecule is O=C1CCC(N2Cc3c(SCc4nc(CNC56CC7CC(CC(C7)C5)C6)cs4)cccc3C2=O)C(=O)N1. The van der Waals surface area contributed by atoms with E-state index in [1.807, 2.05) is 18.2 Å². The van der Waals surface area contributed by atoms with Crippen LogP contribution in [0.3, 0.4) is 0 Å². The van der Waals surface area contributed by atoms with Crippen molar-refractivity contribution >= 4 is 40.8 Å². The number of nitrogens with one attached hydrogen (secondary N) is 2. The summed E-state index contributed by atoms with van der Waals surface area (Å²) in [5.74, 6) is 2.80. The number of hydrogen-bond donors (Lipinski definition) is 2. The summed E-state index contributed by atoms with van der Waals surface area (Å²) in [5.41, 5.74) is 3.12. The maximum atomic E-state index is 13.1. The molecule has 0 radical (unpaired) electrons. The zero-order valence-corrected chi connectivity index (χ0v) is 22.5. The van der Waals surface area contributed by atoms with E-state index in [0.29, 0.717) is 24.1 Å². The third-order valence-electron chi connectivity index (χ3n) is 9.17. The van der Waals surface area contributed by atoms with Gasteiger partial charge in [-0.15, -0.1) is 23.1 Å². The van der Waals surface area contributed by atoms with Crippen molar-refractivity contribution in [3.8, 4) is 0 Å². The second-order valence-corrected chi connectivity index (χ2v) is 13.7. The van der Waals surface area contributed by atoms with Crippen LogP contribution in [-0.2, 0) is 28.4 Å². The van der Waals surface area contributed by atoms with Gasteiger partial charge in [0.05, 0.1) is 11.4 Å². The molecule has 1 aromatic heterocycles. The Kier molecular flexibility index (Phi) is 5.93. The summed E-state index contributed by atoms with van der Waals surface area (Å²) in [5, 5.41) is 9.61. The Labute approximate surface area is 225 Å². The predicted octanol–water partition coefficient (Wildman–Crippen LogP) is 4.25. The monoisotopic (exact) mass is 536 g/mol. The highest BCUT2D eigenvalue weighted by Gasteiger charge is 2.50. The number of rotatable bonds is 7. The quantitative estimate of drug-likeness (QED) is 0.406. The second kappa shape index (κ2) is 9.20. The van der Waals surface area contributed by atoms with Gasteiger partial charge < -0.3 is 10.2 Å². The van der Waals surface area contributed by atoms with Crippen LogP contribution in [0.2, 0.25) is 0 Å². The van der Waals surface area contributed by atoms with Crippen molar-refractivity contribution in [2.24, 2.45) is 17.8 Å². The second-order valence-electron chi connectivity index (χ2n) is 11.8. The summed E-state index contributed by atoms with van der Waals surface area (Å²) in [6, 6.07) is 5.22. The van der Waals surface area contributed by atoms with Gasteiger partial charge in [-0.2, -0.15) is 0 Å². The number of hydrogen-bond acceptors (Lipinski definition) is 7. The molecule has 2 aromatic rings. The van der Waals surface area contributed by atoms with Gasteiger partial charge in [-0.3, -0.25) is 19.7 Å². The van der Waals surface area contributed by atoms with Gasteiger partial charge in [0, 0.05) is 40.9 Å². The number of carbonyl (C=O) groups excluding carboxylic acids is 3. The minimum Gasteiger partial charge on any atom is -0.322 e. The summed E-state index contributed by atoms with van der Waals surface area (Å²) >= 11 is 3.41. The van der Waals surface area contributed by atoms with E-state index in [4.69, 9.17) is 4.98 Å². The molecular formula is C28H32N4O3S2. The van der Waals surface area contributed by atoms with E-state index in [0.717, 1.165) is 51.2 Å². The van der Waals surface area contributed by atoms with Crippen LogP contribution in [0.15, 0.2) is 28.5 Å². The fourth-order valence-corrected chi connectivity index (χ4v) is 9.83. The lowest BCUT2D eigenvalue weighted by Crippen LogP contribution is -2.58. The zero-order chi connectivity index (χ0) is 25.1. The molecule has 4 aliphatic carbocycles. The number of piperidine rings is 1. The molecule has 2 aliphatic heterocycles. The summed E-state index contributed by atoms with van der Waals surface area (Å²) in [6.07, 6.45) is 9.06. The van der Waals surface area contributed by atoms with E-state index in [1.54, 1.807) is 28.0 Å². The molecule has 4 bridgehead atoms. The molecule has 194 valence electrons. The molecule has 1 unspecified atom stereocenters. The van der Waals surface area contributed by atoms with E-state index >= 15 is 0 Å². The van der Waals surface area contributed by atoms with Crippen LogP contribution in [0.1, 0.15) is 78.0 Å². The average Bonchev–Trinajstić information content (AvgIpc) is 3.45. The lowest BCUT2D eigenvalue weighted by Gasteiger charge is -2.57. The molecule has 3 amide bonds. The number of imide groups is 1. The fourth-order valence-electron chi connectivity index (χ4n) is 7.93. The van der Waals surface area contributed by atoms with E-state index in [-0.39, 0.29) is 24.1 Å². The van der Waals surface area contributed by atoms with E-state index in [9.17, 15) is 14.4 Å². The Morgan fingerprint density at radius 1 is 1.11 bits per heavy atom. The van der Waals surface area contributed by atoms with Crippen LogP contribution in [-0.4, -0.2) is 39.2 Å². The molecule has 4 saturated carbocycles. The van der Waals surface area contributed by atoms with Gasteiger partial charge in [0.15, 0.2) is 0 Å². The third-order valence-corrected chi connectivity index (χ3v) is 11.4. The predicted molar refractivity (Wildman–Crippen MR) is 142 cm³/mol. The van der Waals surface area contributed by atoms with E-state index in [1.165, 1.54) is 38.5 Å². The molecule has 6 aliphatic rings. The molecule has 9 heteroatoms. The van der Waals surface area contributed by atoms with Crippen LogP contribution in [0.4, 0.5) is 0 Å². The standard InChI is InChI=1S/C28H32N4O3S2/c33-24-5-4-22(26(34)31-24)32-13-21-20(27(32)35)2-1-3-23(21)36-15-25-30-19(14-37-25)12-29-28-9-16-6-17(10-28)8-18(7-16)11-28/h1-3,14,16-18,22,29H,4-13,15H2,(H,31,33,34).